The Kier molecular flexibility index (Phi) is 7.66. The number of alkyl halides is 1. The predicted molar refractivity (Wildman–Crippen MR) is 97.7 cm³/mol. The SMILES string of the molecule is CCC[Si]1(C2CCC(CCCCBr)CC2)CCCCC1. The molecule has 0 aromatic carbocycles. The van der Waals surface area contributed by atoms with Crippen molar-refractivity contribution in [1.29, 1.82) is 0 Å². The Morgan fingerprint density at radius 1 is 0.950 bits per heavy atom. The van der Waals surface area contributed by atoms with E-state index in [0.717, 1.165) is 5.92 Å². The minimum Gasteiger partial charge on any atom is -0.0928 e. The zero-order valence-electron chi connectivity index (χ0n) is 13.6. The zero-order chi connectivity index (χ0) is 14.3. The summed E-state index contributed by atoms with van der Waals surface area (Å²) in [6, 6.07) is 5.05. The van der Waals surface area contributed by atoms with Gasteiger partial charge in [-0.2, -0.15) is 0 Å². The van der Waals surface area contributed by atoms with E-state index in [1.807, 2.05) is 0 Å². The fourth-order valence-corrected chi connectivity index (χ4v) is 12.0. The summed E-state index contributed by atoms with van der Waals surface area (Å²) in [7, 11) is -0.857. The Balaban J connectivity index is 1.81. The molecule has 20 heavy (non-hydrogen) atoms. The molecule has 1 saturated heterocycles. The molecule has 2 aliphatic rings. The van der Waals surface area contributed by atoms with Gasteiger partial charge in [-0.25, -0.2) is 0 Å². The van der Waals surface area contributed by atoms with E-state index in [0.29, 0.717) is 0 Å². The lowest BCUT2D eigenvalue weighted by Crippen LogP contribution is -2.42. The normalized spacial score (nSPS) is 30.3. The Labute approximate surface area is 136 Å². The van der Waals surface area contributed by atoms with Crippen LogP contribution in [-0.4, -0.2) is 13.4 Å². The third kappa shape index (κ3) is 4.60. The molecule has 0 N–H and O–H groups in total. The quantitative estimate of drug-likeness (QED) is 0.257. The van der Waals surface area contributed by atoms with Crippen LogP contribution in [-0.2, 0) is 0 Å². The number of rotatable bonds is 7. The van der Waals surface area contributed by atoms with Crippen LogP contribution in [0, 0.1) is 5.92 Å². The molecule has 0 unspecified atom stereocenters. The van der Waals surface area contributed by atoms with Crippen LogP contribution >= 0.6 is 15.9 Å². The van der Waals surface area contributed by atoms with Crippen molar-refractivity contribution in [2.24, 2.45) is 5.92 Å². The van der Waals surface area contributed by atoms with Crippen molar-refractivity contribution in [2.45, 2.75) is 101 Å². The highest BCUT2D eigenvalue weighted by molar-refractivity contribution is 9.09. The smallest absolute Gasteiger partial charge is 0.0566 e. The van der Waals surface area contributed by atoms with Crippen molar-refractivity contribution >= 4 is 24.0 Å². The van der Waals surface area contributed by atoms with Crippen LogP contribution in [0.25, 0.3) is 0 Å². The molecule has 1 aliphatic carbocycles. The third-order valence-corrected chi connectivity index (χ3v) is 13.4. The molecule has 0 nitrogen and oxygen atoms in total. The third-order valence-electron chi connectivity index (χ3n) is 6.31. The first kappa shape index (κ1) is 17.1. The molecule has 2 heteroatoms. The molecular weight excluding hydrogens is 324 g/mol. The van der Waals surface area contributed by atoms with E-state index in [-0.39, 0.29) is 0 Å². The van der Waals surface area contributed by atoms with Crippen LogP contribution in [0.2, 0.25) is 23.7 Å². The molecule has 0 spiro atoms. The van der Waals surface area contributed by atoms with E-state index in [1.165, 1.54) is 36.6 Å². The molecule has 118 valence electrons. The van der Waals surface area contributed by atoms with E-state index < -0.39 is 8.07 Å². The lowest BCUT2D eigenvalue weighted by atomic mass is 9.85. The van der Waals surface area contributed by atoms with Crippen LogP contribution < -0.4 is 0 Å². The average Bonchev–Trinajstić information content (AvgIpc) is 2.49. The second-order valence-corrected chi connectivity index (χ2v) is 13.4. The molecule has 0 atom stereocenters. The summed E-state index contributed by atoms with van der Waals surface area (Å²) in [6.07, 6.45) is 16.9. The van der Waals surface area contributed by atoms with Gasteiger partial charge >= 0.3 is 0 Å². The van der Waals surface area contributed by atoms with E-state index in [1.54, 1.807) is 63.1 Å². The van der Waals surface area contributed by atoms with Crippen LogP contribution in [0.5, 0.6) is 0 Å². The van der Waals surface area contributed by atoms with E-state index in [9.17, 15) is 0 Å². The minimum absolute atomic E-state index is 0.857. The van der Waals surface area contributed by atoms with Gasteiger partial charge in [0.1, 0.15) is 0 Å². The molecule has 0 bridgehead atoms. The predicted octanol–water partition coefficient (Wildman–Crippen LogP) is 7.15. The molecule has 1 aliphatic heterocycles. The summed E-state index contributed by atoms with van der Waals surface area (Å²) < 4.78 is 0. The standard InChI is InChI=1S/C18H35BrSi/c1-2-14-20(15-6-3-7-16-20)18-11-9-17(10-12-18)8-4-5-13-19/h17-18H,2-16H2,1H3. The van der Waals surface area contributed by atoms with Crippen molar-refractivity contribution in [1.82, 2.24) is 0 Å². The van der Waals surface area contributed by atoms with Gasteiger partial charge in [-0.3, -0.25) is 0 Å². The highest BCUT2D eigenvalue weighted by atomic mass is 79.9. The molecule has 0 aromatic rings. The maximum absolute atomic E-state index is 3.57. The zero-order valence-corrected chi connectivity index (χ0v) is 16.2. The summed E-state index contributed by atoms with van der Waals surface area (Å²) in [6.45, 7) is 2.44. The number of hydrogen-bond acceptors (Lipinski definition) is 0. The van der Waals surface area contributed by atoms with Crippen molar-refractivity contribution in [3.05, 3.63) is 0 Å². The van der Waals surface area contributed by atoms with Gasteiger partial charge in [0.05, 0.1) is 8.07 Å². The second-order valence-electron chi connectivity index (χ2n) is 7.58. The molecule has 1 heterocycles. The van der Waals surface area contributed by atoms with E-state index >= 15 is 0 Å². The van der Waals surface area contributed by atoms with Gasteiger partial charge < -0.3 is 0 Å². The van der Waals surface area contributed by atoms with Crippen LogP contribution in [0.4, 0.5) is 0 Å². The summed E-state index contributed by atoms with van der Waals surface area (Å²) in [5, 5.41) is 1.20. The highest BCUT2D eigenvalue weighted by Gasteiger charge is 2.41. The summed E-state index contributed by atoms with van der Waals surface area (Å²) in [5.41, 5.74) is 1.22. The fourth-order valence-electron chi connectivity index (χ4n) is 5.21. The van der Waals surface area contributed by atoms with Crippen molar-refractivity contribution in [3.63, 3.8) is 0 Å². The molecular formula is C18H35BrSi. The van der Waals surface area contributed by atoms with Crippen LogP contribution in [0.1, 0.15) is 77.6 Å². The number of hydrogen-bond donors (Lipinski definition) is 0. The first-order valence-corrected chi connectivity index (χ1v) is 13.2. The Bertz CT molecular complexity index is 247. The van der Waals surface area contributed by atoms with Gasteiger partial charge in [-0.05, 0) is 17.9 Å². The maximum Gasteiger partial charge on any atom is 0.0566 e. The van der Waals surface area contributed by atoms with Gasteiger partial charge in [-0.15, -0.1) is 0 Å². The summed E-state index contributed by atoms with van der Waals surface area (Å²) in [4.78, 5) is 0. The summed E-state index contributed by atoms with van der Waals surface area (Å²) in [5.74, 6) is 1.08. The average molecular weight is 359 g/mol. The van der Waals surface area contributed by atoms with Gasteiger partial charge in [0, 0.05) is 5.33 Å². The lowest BCUT2D eigenvalue weighted by molar-refractivity contribution is 0.324. The monoisotopic (exact) mass is 358 g/mol. The van der Waals surface area contributed by atoms with Gasteiger partial charge in [0.25, 0.3) is 0 Å². The molecule has 0 amide bonds. The van der Waals surface area contributed by atoms with E-state index in [2.05, 4.69) is 22.9 Å². The largest absolute Gasteiger partial charge is 0.0928 e. The molecule has 1 saturated carbocycles. The maximum atomic E-state index is 3.57. The van der Waals surface area contributed by atoms with Crippen molar-refractivity contribution in [2.75, 3.05) is 5.33 Å². The highest BCUT2D eigenvalue weighted by Crippen LogP contribution is 2.49. The first-order chi connectivity index (χ1) is 9.80. The first-order valence-electron chi connectivity index (χ1n) is 9.36. The number of unbranched alkanes of at least 4 members (excludes halogenated alkanes) is 1. The Morgan fingerprint density at radius 3 is 2.25 bits per heavy atom. The van der Waals surface area contributed by atoms with Crippen LogP contribution in [0.3, 0.4) is 0 Å². The van der Waals surface area contributed by atoms with Crippen molar-refractivity contribution in [3.8, 4) is 0 Å². The van der Waals surface area contributed by atoms with E-state index in [4.69, 9.17) is 0 Å². The van der Waals surface area contributed by atoms with Gasteiger partial charge in [0.15, 0.2) is 0 Å². The topological polar surface area (TPSA) is 0 Å². The van der Waals surface area contributed by atoms with Crippen LogP contribution in [0.15, 0.2) is 0 Å². The number of halogens is 1. The molecule has 0 radical (unpaired) electrons. The second kappa shape index (κ2) is 8.98. The fraction of sp³-hybridized carbons (Fsp3) is 1.00. The molecule has 0 aromatic heterocycles. The minimum atomic E-state index is -0.857. The molecule has 2 fully saturated rings. The van der Waals surface area contributed by atoms with Crippen molar-refractivity contribution < 1.29 is 0 Å². The lowest BCUT2D eigenvalue weighted by Gasteiger charge is -2.45. The van der Waals surface area contributed by atoms with Gasteiger partial charge in [-0.1, -0.05) is 105 Å². The Morgan fingerprint density at radius 2 is 1.65 bits per heavy atom. The van der Waals surface area contributed by atoms with Gasteiger partial charge in [0.2, 0.25) is 0 Å². The Hall–Kier alpha value is 0.697. The summed E-state index contributed by atoms with van der Waals surface area (Å²) >= 11 is 3.57. The molecule has 2 rings (SSSR count).